The van der Waals surface area contributed by atoms with Gasteiger partial charge >= 0.3 is 11.9 Å². The number of hydrogen-bond donors (Lipinski definition) is 1. The first kappa shape index (κ1) is 19.6. The highest BCUT2D eigenvalue weighted by Gasteiger charge is 2.53. The van der Waals surface area contributed by atoms with Crippen molar-refractivity contribution in [3.05, 3.63) is 64.2 Å². The summed E-state index contributed by atoms with van der Waals surface area (Å²) >= 11 is 0. The van der Waals surface area contributed by atoms with Crippen LogP contribution in [-0.4, -0.2) is 41.6 Å². The number of fused-ring (bicyclic) bond motifs is 1. The number of aliphatic carboxylic acids is 1. The second-order valence-corrected chi connectivity index (χ2v) is 7.62. The molecule has 0 aliphatic carbocycles. The molecule has 0 radical (unpaired) electrons. The number of nitrogens with zero attached hydrogens (tertiary/aromatic N) is 2. The molecule has 3 aromatic rings. The highest BCUT2D eigenvalue weighted by atomic mass is 16.6. The lowest BCUT2D eigenvalue weighted by molar-refractivity contribution is -0.921. The maximum Gasteiger partial charge on any atom is 0.442 e. The number of rotatable bonds is 6. The Morgan fingerprint density at radius 3 is 2.29 bits per heavy atom. The van der Waals surface area contributed by atoms with Crippen LogP contribution < -0.4 is 0 Å². The molecule has 1 heterocycles. The highest BCUT2D eigenvalue weighted by molar-refractivity contribution is 6.01. The number of carboxylic acids is 1. The summed E-state index contributed by atoms with van der Waals surface area (Å²) < 4.78 is 5.83. The second kappa shape index (κ2) is 6.76. The van der Waals surface area contributed by atoms with Gasteiger partial charge in [0.1, 0.15) is 10.5 Å². The average Bonchev–Trinajstić information content (AvgIpc) is 3.02. The maximum absolute atomic E-state index is 12.4. The summed E-state index contributed by atoms with van der Waals surface area (Å²) in [6.07, 6.45) is 0.292. The summed E-state index contributed by atoms with van der Waals surface area (Å²) in [5, 5.41) is 22.4. The average molecular weight is 383 g/mol. The summed E-state index contributed by atoms with van der Waals surface area (Å²) in [5.74, 6) is -1.39. The third-order valence-corrected chi connectivity index (χ3v) is 5.38. The fourth-order valence-corrected chi connectivity index (χ4v) is 4.02. The van der Waals surface area contributed by atoms with E-state index >= 15 is 0 Å². The van der Waals surface area contributed by atoms with Gasteiger partial charge in [-0.15, -0.1) is 0 Å². The molecule has 146 valence electrons. The van der Waals surface area contributed by atoms with Gasteiger partial charge in [-0.3, -0.25) is 10.1 Å². The number of hydrogen-bond acceptors (Lipinski definition) is 4. The fourth-order valence-electron chi connectivity index (χ4n) is 4.02. The SMILES string of the molecule is CCC(C(=O)O)(c1cccc2c(-c3ccccc3)c([N+](=O)[O-])oc12)[N+](C)(C)C. The maximum atomic E-state index is 12.4. The van der Waals surface area contributed by atoms with E-state index < -0.39 is 16.4 Å². The molecule has 7 heteroatoms. The summed E-state index contributed by atoms with van der Waals surface area (Å²) in [6.45, 7) is 1.80. The predicted octanol–water partition coefficient (Wildman–Crippen LogP) is 4.40. The third kappa shape index (κ3) is 2.75. The number of benzene rings is 2. The number of carbonyl (C=O) groups is 1. The molecule has 1 aromatic heterocycles. The van der Waals surface area contributed by atoms with Crippen molar-refractivity contribution < 1.29 is 23.7 Å². The molecule has 0 aliphatic rings. The van der Waals surface area contributed by atoms with Gasteiger partial charge in [-0.25, -0.2) is 4.79 Å². The Bertz CT molecular complexity index is 1050. The van der Waals surface area contributed by atoms with Crippen LogP contribution in [0.5, 0.6) is 0 Å². The zero-order valence-corrected chi connectivity index (χ0v) is 16.3. The van der Waals surface area contributed by atoms with E-state index in [2.05, 4.69) is 0 Å². The van der Waals surface area contributed by atoms with Gasteiger partial charge in [0, 0.05) is 11.8 Å². The first-order valence-corrected chi connectivity index (χ1v) is 8.96. The molecule has 28 heavy (non-hydrogen) atoms. The minimum absolute atomic E-state index is 0.104. The van der Waals surface area contributed by atoms with Crippen LogP contribution in [0.4, 0.5) is 5.88 Å². The Balaban J connectivity index is 2.46. The third-order valence-electron chi connectivity index (χ3n) is 5.38. The van der Waals surface area contributed by atoms with Crippen molar-refractivity contribution in [2.24, 2.45) is 0 Å². The lowest BCUT2D eigenvalue weighted by Crippen LogP contribution is -2.59. The van der Waals surface area contributed by atoms with E-state index in [1.807, 2.05) is 6.07 Å². The molecule has 0 aliphatic heterocycles. The quantitative estimate of drug-likeness (QED) is 0.387. The van der Waals surface area contributed by atoms with Crippen molar-refractivity contribution in [2.75, 3.05) is 21.1 Å². The molecule has 1 unspecified atom stereocenters. The number of likely N-dealkylation sites (N-methyl/N-ethyl adjacent to an activating group) is 1. The molecule has 0 bridgehead atoms. The van der Waals surface area contributed by atoms with Gasteiger partial charge in [0.05, 0.1) is 26.7 Å². The van der Waals surface area contributed by atoms with Crippen LogP contribution in [0.1, 0.15) is 18.9 Å². The molecule has 0 saturated heterocycles. The lowest BCUT2D eigenvalue weighted by Gasteiger charge is -2.42. The Morgan fingerprint density at radius 1 is 1.14 bits per heavy atom. The van der Waals surface area contributed by atoms with Gasteiger partial charge in [-0.2, -0.15) is 0 Å². The van der Waals surface area contributed by atoms with Crippen molar-refractivity contribution in [2.45, 2.75) is 18.9 Å². The molecule has 0 saturated carbocycles. The second-order valence-electron chi connectivity index (χ2n) is 7.62. The van der Waals surface area contributed by atoms with Crippen molar-refractivity contribution in [1.82, 2.24) is 0 Å². The molecule has 1 N–H and O–H groups in total. The van der Waals surface area contributed by atoms with E-state index in [1.54, 1.807) is 70.5 Å². The van der Waals surface area contributed by atoms with Crippen LogP contribution in [0.25, 0.3) is 22.1 Å². The molecular weight excluding hydrogens is 360 g/mol. The smallest absolute Gasteiger partial charge is 0.442 e. The first-order chi connectivity index (χ1) is 13.1. The number of carboxylic acid groups (broad SMARTS) is 1. The van der Waals surface area contributed by atoms with Gasteiger partial charge in [0.25, 0.3) is 0 Å². The van der Waals surface area contributed by atoms with Crippen LogP contribution in [0.3, 0.4) is 0 Å². The first-order valence-electron chi connectivity index (χ1n) is 8.96. The minimum atomic E-state index is -1.32. The van der Waals surface area contributed by atoms with E-state index in [-0.39, 0.29) is 16.0 Å². The lowest BCUT2D eigenvalue weighted by atomic mass is 9.83. The van der Waals surface area contributed by atoms with E-state index in [9.17, 15) is 20.0 Å². The summed E-state index contributed by atoms with van der Waals surface area (Å²) in [4.78, 5) is 23.6. The Labute approximate surface area is 162 Å². The van der Waals surface area contributed by atoms with E-state index in [4.69, 9.17) is 4.42 Å². The molecule has 7 nitrogen and oxygen atoms in total. The Hall–Kier alpha value is -3.19. The molecular formula is C21H23N2O5+. The number of quaternary nitrogens is 1. The molecule has 0 spiro atoms. The van der Waals surface area contributed by atoms with Crippen LogP contribution in [0.2, 0.25) is 0 Å². The fraction of sp³-hybridized carbons (Fsp3) is 0.286. The van der Waals surface area contributed by atoms with E-state index in [0.29, 0.717) is 28.5 Å². The van der Waals surface area contributed by atoms with Crippen LogP contribution in [0, 0.1) is 10.1 Å². The molecule has 1 atom stereocenters. The predicted molar refractivity (Wildman–Crippen MR) is 106 cm³/mol. The zero-order chi connectivity index (χ0) is 20.7. The van der Waals surface area contributed by atoms with E-state index in [0.717, 1.165) is 0 Å². The summed E-state index contributed by atoms with van der Waals surface area (Å²) in [7, 11) is 5.39. The van der Waals surface area contributed by atoms with Crippen LogP contribution in [-0.2, 0) is 10.3 Å². The van der Waals surface area contributed by atoms with Crippen LogP contribution in [0.15, 0.2) is 52.9 Å². The highest BCUT2D eigenvalue weighted by Crippen LogP contribution is 2.45. The van der Waals surface area contributed by atoms with Crippen molar-refractivity contribution in [1.29, 1.82) is 0 Å². The monoisotopic (exact) mass is 383 g/mol. The molecule has 2 aromatic carbocycles. The number of furan rings is 1. The zero-order valence-electron chi connectivity index (χ0n) is 16.3. The minimum Gasteiger partial charge on any atom is -0.476 e. The van der Waals surface area contributed by atoms with Gasteiger partial charge in [0.15, 0.2) is 5.58 Å². The van der Waals surface area contributed by atoms with Crippen LogP contribution >= 0.6 is 0 Å². The van der Waals surface area contributed by atoms with Crippen molar-refractivity contribution in [3.8, 4) is 11.1 Å². The Kier molecular flexibility index (Phi) is 4.72. The summed E-state index contributed by atoms with van der Waals surface area (Å²) in [6, 6.07) is 14.1. The number of para-hydroxylation sites is 1. The molecule has 0 fully saturated rings. The topological polar surface area (TPSA) is 93.6 Å². The molecule has 0 amide bonds. The van der Waals surface area contributed by atoms with Crippen molar-refractivity contribution in [3.63, 3.8) is 0 Å². The van der Waals surface area contributed by atoms with Gasteiger partial charge in [0.2, 0.25) is 5.54 Å². The van der Waals surface area contributed by atoms with Crippen molar-refractivity contribution >= 4 is 22.8 Å². The van der Waals surface area contributed by atoms with Gasteiger partial charge in [-0.1, -0.05) is 49.4 Å². The van der Waals surface area contributed by atoms with E-state index in [1.165, 1.54) is 0 Å². The summed E-state index contributed by atoms with van der Waals surface area (Å²) in [5.41, 5.74) is 0.356. The van der Waals surface area contributed by atoms with Gasteiger partial charge in [-0.05, 0) is 11.6 Å². The molecule has 3 rings (SSSR count). The standard InChI is InChI=1S/C21H22N2O5/c1-5-21(20(24)25,23(2,3)4)16-13-9-12-15-17(14-10-7-6-8-11-14)19(22(26)27)28-18(15)16/h6-13H,5H2,1-4H3/p+1. The van der Waals surface area contributed by atoms with Gasteiger partial charge < -0.3 is 14.0 Å². The Morgan fingerprint density at radius 2 is 1.79 bits per heavy atom. The normalized spacial score (nSPS) is 14.0. The number of nitro groups is 1. The largest absolute Gasteiger partial charge is 0.476 e.